The molecule has 11 heavy (non-hydrogen) atoms. The highest BCUT2D eigenvalue weighted by atomic mass is 35.5. The molecular formula is C7H14ClF2N. The highest BCUT2D eigenvalue weighted by Gasteiger charge is 2.38. The van der Waals surface area contributed by atoms with Crippen molar-refractivity contribution in [2.75, 3.05) is 13.6 Å². The van der Waals surface area contributed by atoms with Gasteiger partial charge in [-0.25, -0.2) is 8.78 Å². The molecule has 1 nitrogen and oxygen atoms in total. The van der Waals surface area contributed by atoms with E-state index < -0.39 is 5.92 Å². The van der Waals surface area contributed by atoms with Gasteiger partial charge in [0, 0.05) is 12.8 Å². The van der Waals surface area contributed by atoms with Crippen molar-refractivity contribution in [1.29, 1.82) is 0 Å². The zero-order valence-electron chi connectivity index (χ0n) is 6.57. The highest BCUT2D eigenvalue weighted by Crippen LogP contribution is 2.38. The first-order chi connectivity index (χ1) is 4.64. The maximum Gasteiger partial charge on any atom is 0.248 e. The van der Waals surface area contributed by atoms with Gasteiger partial charge in [0.2, 0.25) is 5.92 Å². The van der Waals surface area contributed by atoms with E-state index >= 15 is 0 Å². The van der Waals surface area contributed by atoms with Gasteiger partial charge in [-0.05, 0) is 25.9 Å². The van der Waals surface area contributed by atoms with Crippen molar-refractivity contribution in [2.24, 2.45) is 5.92 Å². The van der Waals surface area contributed by atoms with Crippen molar-refractivity contribution >= 4 is 12.4 Å². The molecule has 0 aromatic rings. The van der Waals surface area contributed by atoms with Gasteiger partial charge in [0.15, 0.2) is 0 Å². The van der Waals surface area contributed by atoms with Crippen molar-refractivity contribution in [2.45, 2.75) is 25.2 Å². The molecule has 0 bridgehead atoms. The van der Waals surface area contributed by atoms with Crippen molar-refractivity contribution in [3.63, 3.8) is 0 Å². The zero-order chi connectivity index (χ0) is 7.61. The summed E-state index contributed by atoms with van der Waals surface area (Å²) in [6.07, 6.45) is 0.834. The molecule has 0 heterocycles. The smallest absolute Gasteiger partial charge is 0.248 e. The number of alkyl halides is 2. The topological polar surface area (TPSA) is 12.0 Å². The Balaban J connectivity index is 0.000001000. The quantitative estimate of drug-likeness (QED) is 0.695. The van der Waals surface area contributed by atoms with E-state index in [1.54, 1.807) is 7.05 Å². The molecule has 0 unspecified atom stereocenters. The second kappa shape index (κ2) is 4.21. The third kappa shape index (κ3) is 3.34. The number of nitrogens with one attached hydrogen (secondary N) is 1. The zero-order valence-corrected chi connectivity index (χ0v) is 7.39. The summed E-state index contributed by atoms with van der Waals surface area (Å²) in [5.74, 6) is -2.18. The molecule has 68 valence electrons. The van der Waals surface area contributed by atoms with Gasteiger partial charge in [-0.1, -0.05) is 0 Å². The van der Waals surface area contributed by atoms with Crippen molar-refractivity contribution < 1.29 is 8.78 Å². The summed E-state index contributed by atoms with van der Waals surface area (Å²) in [5.41, 5.74) is 0. The van der Waals surface area contributed by atoms with Crippen LogP contribution in [0.3, 0.4) is 0 Å². The normalized spacial score (nSPS) is 28.1. The predicted molar refractivity (Wildman–Crippen MR) is 43.5 cm³/mol. The lowest BCUT2D eigenvalue weighted by Gasteiger charge is -2.08. The summed E-state index contributed by atoms with van der Waals surface area (Å²) in [7, 11) is 1.80. The molecule has 1 aliphatic rings. The van der Waals surface area contributed by atoms with E-state index in [2.05, 4.69) is 5.32 Å². The Morgan fingerprint density at radius 2 is 2.18 bits per heavy atom. The van der Waals surface area contributed by atoms with Gasteiger partial charge in [-0.3, -0.25) is 0 Å². The minimum Gasteiger partial charge on any atom is -0.319 e. The molecule has 1 fully saturated rings. The van der Waals surface area contributed by atoms with E-state index in [1.165, 1.54) is 0 Å². The van der Waals surface area contributed by atoms with Crippen LogP contribution in [0.1, 0.15) is 19.3 Å². The molecule has 0 aromatic carbocycles. The molecule has 0 saturated heterocycles. The van der Waals surface area contributed by atoms with E-state index in [9.17, 15) is 8.78 Å². The first-order valence-electron chi connectivity index (χ1n) is 3.66. The Morgan fingerprint density at radius 1 is 1.55 bits per heavy atom. The Hall–Kier alpha value is 0.110. The molecule has 0 aliphatic heterocycles. The van der Waals surface area contributed by atoms with Crippen LogP contribution in [0.4, 0.5) is 8.78 Å². The number of rotatable bonds is 2. The molecule has 1 atom stereocenters. The fourth-order valence-corrected chi connectivity index (χ4v) is 1.50. The van der Waals surface area contributed by atoms with Crippen LogP contribution in [0.15, 0.2) is 0 Å². The van der Waals surface area contributed by atoms with Gasteiger partial charge < -0.3 is 5.32 Å². The molecule has 0 spiro atoms. The summed E-state index contributed by atoms with van der Waals surface area (Å²) >= 11 is 0. The van der Waals surface area contributed by atoms with Crippen LogP contribution < -0.4 is 5.32 Å². The average molecular weight is 186 g/mol. The van der Waals surface area contributed by atoms with Gasteiger partial charge in [0.25, 0.3) is 0 Å². The standard InChI is InChI=1S/C7H13F2N.ClH/c1-10-5-6-2-3-7(8,9)4-6;/h6,10H,2-5H2,1H3;1H/t6-;/m1./s1. The molecule has 1 rings (SSSR count). The minimum absolute atomic E-state index is 0. The molecule has 0 radical (unpaired) electrons. The molecule has 0 aromatic heterocycles. The Bertz CT molecular complexity index is 119. The second-order valence-electron chi connectivity index (χ2n) is 3.02. The summed E-state index contributed by atoms with van der Waals surface area (Å²) in [6, 6.07) is 0. The van der Waals surface area contributed by atoms with Crippen LogP contribution in [-0.4, -0.2) is 19.5 Å². The first-order valence-corrected chi connectivity index (χ1v) is 3.66. The van der Waals surface area contributed by atoms with Gasteiger partial charge in [0.05, 0.1) is 0 Å². The van der Waals surface area contributed by atoms with Crippen LogP contribution in [0.5, 0.6) is 0 Å². The van der Waals surface area contributed by atoms with Gasteiger partial charge in [-0.2, -0.15) is 0 Å². The fourth-order valence-electron chi connectivity index (χ4n) is 1.50. The number of hydrogen-bond donors (Lipinski definition) is 1. The van der Waals surface area contributed by atoms with Crippen molar-refractivity contribution in [3.05, 3.63) is 0 Å². The van der Waals surface area contributed by atoms with E-state index in [4.69, 9.17) is 0 Å². The minimum atomic E-state index is -2.37. The third-order valence-corrected chi connectivity index (χ3v) is 2.00. The largest absolute Gasteiger partial charge is 0.319 e. The van der Waals surface area contributed by atoms with Gasteiger partial charge in [-0.15, -0.1) is 12.4 Å². The van der Waals surface area contributed by atoms with E-state index in [1.807, 2.05) is 0 Å². The van der Waals surface area contributed by atoms with Gasteiger partial charge >= 0.3 is 0 Å². The van der Waals surface area contributed by atoms with Crippen LogP contribution in [-0.2, 0) is 0 Å². The lowest BCUT2D eigenvalue weighted by atomic mass is 10.1. The molecule has 0 amide bonds. The van der Waals surface area contributed by atoms with E-state index in [0.29, 0.717) is 6.42 Å². The molecule has 1 aliphatic carbocycles. The summed E-state index contributed by atoms with van der Waals surface area (Å²) in [6.45, 7) is 0.732. The fraction of sp³-hybridized carbons (Fsp3) is 1.00. The lowest BCUT2D eigenvalue weighted by Crippen LogP contribution is -2.18. The predicted octanol–water partition coefficient (Wildman–Crippen LogP) is 2.06. The van der Waals surface area contributed by atoms with Crippen molar-refractivity contribution in [1.82, 2.24) is 5.32 Å². The van der Waals surface area contributed by atoms with E-state index in [-0.39, 0.29) is 31.2 Å². The molecular weight excluding hydrogens is 172 g/mol. The SMILES string of the molecule is CNC[C@@H]1CCC(F)(F)C1.Cl. The Morgan fingerprint density at radius 3 is 2.55 bits per heavy atom. The Kier molecular flexibility index (Phi) is 4.26. The Labute approximate surface area is 72.0 Å². The molecule has 4 heteroatoms. The number of hydrogen-bond acceptors (Lipinski definition) is 1. The van der Waals surface area contributed by atoms with Gasteiger partial charge in [0.1, 0.15) is 0 Å². The average Bonchev–Trinajstić information content (AvgIpc) is 2.12. The number of halogens is 3. The maximum absolute atomic E-state index is 12.5. The molecule has 1 saturated carbocycles. The second-order valence-corrected chi connectivity index (χ2v) is 3.02. The van der Waals surface area contributed by atoms with Crippen LogP contribution in [0.2, 0.25) is 0 Å². The first kappa shape index (κ1) is 11.1. The maximum atomic E-state index is 12.5. The monoisotopic (exact) mass is 185 g/mol. The molecule has 1 N–H and O–H groups in total. The highest BCUT2D eigenvalue weighted by molar-refractivity contribution is 5.85. The van der Waals surface area contributed by atoms with Crippen LogP contribution >= 0.6 is 12.4 Å². The third-order valence-electron chi connectivity index (χ3n) is 2.00. The van der Waals surface area contributed by atoms with Crippen molar-refractivity contribution in [3.8, 4) is 0 Å². The summed E-state index contributed by atoms with van der Waals surface area (Å²) < 4.78 is 25.0. The summed E-state index contributed by atoms with van der Waals surface area (Å²) in [5, 5.41) is 2.91. The van der Waals surface area contributed by atoms with Crippen LogP contribution in [0.25, 0.3) is 0 Å². The summed E-state index contributed by atoms with van der Waals surface area (Å²) in [4.78, 5) is 0. The van der Waals surface area contributed by atoms with Crippen LogP contribution in [0, 0.1) is 5.92 Å². The van der Waals surface area contributed by atoms with E-state index in [0.717, 1.165) is 6.54 Å². The lowest BCUT2D eigenvalue weighted by molar-refractivity contribution is 0.00516.